The second kappa shape index (κ2) is 6.79. The molecule has 0 amide bonds. The number of hydrogen-bond donors (Lipinski definition) is 1. The Hall–Kier alpha value is -2.40. The van der Waals surface area contributed by atoms with Crippen molar-refractivity contribution in [2.24, 2.45) is 11.7 Å². The lowest BCUT2D eigenvalue weighted by Crippen LogP contribution is -2.24. The predicted octanol–water partition coefficient (Wildman–Crippen LogP) is 3.54. The van der Waals surface area contributed by atoms with Crippen LogP contribution in [0.3, 0.4) is 0 Å². The fourth-order valence-electron chi connectivity index (χ4n) is 2.47. The number of thiocarbonyl (C=S) groups is 1. The molecule has 0 saturated heterocycles. The van der Waals surface area contributed by atoms with Gasteiger partial charge < -0.3 is 15.0 Å². The second-order valence-corrected chi connectivity index (χ2v) is 6.00. The first-order valence-electron chi connectivity index (χ1n) is 7.56. The van der Waals surface area contributed by atoms with Crippen LogP contribution in [0.15, 0.2) is 54.6 Å². The van der Waals surface area contributed by atoms with Gasteiger partial charge in [0.2, 0.25) is 0 Å². The van der Waals surface area contributed by atoms with Gasteiger partial charge in [0, 0.05) is 12.5 Å². The van der Waals surface area contributed by atoms with Crippen LogP contribution in [0.2, 0.25) is 0 Å². The normalized spacial score (nSPS) is 12.2. The zero-order valence-corrected chi connectivity index (χ0v) is 13.8. The highest BCUT2D eigenvalue weighted by molar-refractivity contribution is 7.80. The van der Waals surface area contributed by atoms with Crippen molar-refractivity contribution in [1.29, 1.82) is 0 Å². The molecule has 0 aliphatic rings. The van der Waals surface area contributed by atoms with Crippen LogP contribution >= 0.6 is 12.2 Å². The van der Waals surface area contributed by atoms with Gasteiger partial charge in [-0.25, -0.2) is 4.98 Å². The van der Waals surface area contributed by atoms with Crippen LogP contribution < -0.4 is 10.5 Å². The van der Waals surface area contributed by atoms with Gasteiger partial charge in [-0.15, -0.1) is 0 Å². The molecular formula is C18H19N3OS. The minimum Gasteiger partial charge on any atom is -0.486 e. The van der Waals surface area contributed by atoms with E-state index in [2.05, 4.69) is 10.6 Å². The highest BCUT2D eigenvalue weighted by Gasteiger charge is 2.15. The molecule has 2 aromatic carbocycles. The number of nitrogens with zero attached hydrogens (tertiary/aromatic N) is 2. The molecule has 1 heterocycles. The number of nitrogens with two attached hydrogens (primary N) is 1. The number of aromatic nitrogens is 2. The maximum absolute atomic E-state index is 5.86. The van der Waals surface area contributed by atoms with Crippen LogP contribution in [-0.2, 0) is 13.2 Å². The molecule has 0 bridgehead atoms. The van der Waals surface area contributed by atoms with E-state index in [1.807, 2.05) is 55.5 Å². The Balaban J connectivity index is 1.90. The summed E-state index contributed by atoms with van der Waals surface area (Å²) in [5.41, 5.74) is 7.80. The molecule has 5 heteroatoms. The summed E-state index contributed by atoms with van der Waals surface area (Å²) < 4.78 is 8.00. The van der Waals surface area contributed by atoms with E-state index in [0.29, 0.717) is 18.1 Å². The quantitative estimate of drug-likeness (QED) is 0.704. The summed E-state index contributed by atoms with van der Waals surface area (Å²) in [6, 6.07) is 17.8. The van der Waals surface area contributed by atoms with E-state index >= 15 is 0 Å². The van der Waals surface area contributed by atoms with Crippen LogP contribution in [0.1, 0.15) is 12.7 Å². The van der Waals surface area contributed by atoms with Crippen molar-refractivity contribution in [2.75, 3.05) is 0 Å². The summed E-state index contributed by atoms with van der Waals surface area (Å²) in [6.07, 6.45) is 0. The van der Waals surface area contributed by atoms with Crippen LogP contribution in [0, 0.1) is 5.92 Å². The molecule has 1 aromatic heterocycles. The molecule has 0 aliphatic heterocycles. The first kappa shape index (κ1) is 15.5. The molecule has 23 heavy (non-hydrogen) atoms. The fraction of sp³-hybridized carbons (Fsp3) is 0.222. The second-order valence-electron chi connectivity index (χ2n) is 5.53. The Bertz CT molecular complexity index is 814. The Kier molecular flexibility index (Phi) is 4.57. The number of fused-ring (bicyclic) bond motifs is 1. The van der Waals surface area contributed by atoms with Crippen molar-refractivity contribution in [1.82, 2.24) is 9.55 Å². The van der Waals surface area contributed by atoms with Gasteiger partial charge in [0.05, 0.1) is 16.0 Å². The Labute approximate surface area is 140 Å². The van der Waals surface area contributed by atoms with Gasteiger partial charge in [0.1, 0.15) is 18.2 Å². The molecule has 0 radical (unpaired) electrons. The van der Waals surface area contributed by atoms with E-state index < -0.39 is 0 Å². The number of hydrogen-bond acceptors (Lipinski definition) is 3. The maximum Gasteiger partial charge on any atom is 0.148 e. The zero-order valence-electron chi connectivity index (χ0n) is 13.0. The lowest BCUT2D eigenvalue weighted by atomic mass is 10.2. The zero-order chi connectivity index (χ0) is 16.2. The standard InChI is InChI=1S/C18H19N3OS/c1-13(18(19)23)11-21-16-10-6-5-9-15(16)20-17(21)12-22-14-7-3-2-4-8-14/h2-10,13H,11-12H2,1H3,(H2,19,23). The highest BCUT2D eigenvalue weighted by Crippen LogP contribution is 2.20. The molecule has 3 rings (SSSR count). The molecule has 1 unspecified atom stereocenters. The largest absolute Gasteiger partial charge is 0.486 e. The number of benzene rings is 2. The third-order valence-electron chi connectivity index (χ3n) is 3.79. The van der Waals surface area contributed by atoms with Crippen LogP contribution in [-0.4, -0.2) is 14.5 Å². The van der Waals surface area contributed by atoms with E-state index in [0.717, 1.165) is 22.6 Å². The van der Waals surface area contributed by atoms with Gasteiger partial charge in [0.25, 0.3) is 0 Å². The number of rotatable bonds is 6. The Morgan fingerprint density at radius 2 is 1.87 bits per heavy atom. The van der Waals surface area contributed by atoms with Crippen molar-refractivity contribution in [3.63, 3.8) is 0 Å². The smallest absolute Gasteiger partial charge is 0.148 e. The van der Waals surface area contributed by atoms with Crippen molar-refractivity contribution in [3.8, 4) is 5.75 Å². The summed E-state index contributed by atoms with van der Waals surface area (Å²) in [4.78, 5) is 5.21. The minimum atomic E-state index is 0.0954. The third kappa shape index (κ3) is 3.51. The molecule has 0 fully saturated rings. The van der Waals surface area contributed by atoms with E-state index in [9.17, 15) is 0 Å². The minimum absolute atomic E-state index is 0.0954. The van der Waals surface area contributed by atoms with Gasteiger partial charge >= 0.3 is 0 Å². The number of ether oxygens (including phenoxy) is 1. The maximum atomic E-state index is 5.86. The van der Waals surface area contributed by atoms with Crippen molar-refractivity contribution in [3.05, 3.63) is 60.4 Å². The first-order valence-corrected chi connectivity index (χ1v) is 7.97. The molecule has 1 atom stereocenters. The molecule has 3 aromatic rings. The summed E-state index contributed by atoms with van der Waals surface area (Å²) >= 11 is 5.11. The van der Waals surface area contributed by atoms with E-state index in [-0.39, 0.29) is 5.92 Å². The van der Waals surface area contributed by atoms with E-state index in [4.69, 9.17) is 27.7 Å². The van der Waals surface area contributed by atoms with Crippen molar-refractivity contribution >= 4 is 28.2 Å². The number of imidazole rings is 1. The lowest BCUT2D eigenvalue weighted by molar-refractivity contribution is 0.289. The molecule has 4 nitrogen and oxygen atoms in total. The summed E-state index contributed by atoms with van der Waals surface area (Å²) in [5.74, 6) is 1.80. The predicted molar refractivity (Wildman–Crippen MR) is 96.5 cm³/mol. The van der Waals surface area contributed by atoms with Gasteiger partial charge in [-0.2, -0.15) is 0 Å². The number of para-hydroxylation sites is 3. The molecule has 0 saturated carbocycles. The van der Waals surface area contributed by atoms with Crippen LogP contribution in [0.5, 0.6) is 5.75 Å². The van der Waals surface area contributed by atoms with E-state index in [1.54, 1.807) is 0 Å². The van der Waals surface area contributed by atoms with Crippen LogP contribution in [0.25, 0.3) is 11.0 Å². The monoisotopic (exact) mass is 325 g/mol. The average molecular weight is 325 g/mol. The average Bonchev–Trinajstić information content (AvgIpc) is 2.91. The lowest BCUT2D eigenvalue weighted by Gasteiger charge is -2.14. The van der Waals surface area contributed by atoms with Gasteiger partial charge in [-0.3, -0.25) is 0 Å². The van der Waals surface area contributed by atoms with Gasteiger partial charge in [-0.05, 0) is 24.3 Å². The highest BCUT2D eigenvalue weighted by atomic mass is 32.1. The molecule has 0 spiro atoms. The van der Waals surface area contributed by atoms with Crippen molar-refractivity contribution in [2.45, 2.75) is 20.1 Å². The fourth-order valence-corrected chi connectivity index (χ4v) is 2.54. The molecule has 2 N–H and O–H groups in total. The molecular weight excluding hydrogens is 306 g/mol. The molecule has 0 aliphatic carbocycles. The SMILES string of the molecule is CC(Cn1c(COc2ccccc2)nc2ccccc21)C(N)=S. The van der Waals surface area contributed by atoms with Gasteiger partial charge in [-0.1, -0.05) is 49.5 Å². The Morgan fingerprint density at radius 3 is 2.61 bits per heavy atom. The first-order chi connectivity index (χ1) is 11.1. The summed E-state index contributed by atoms with van der Waals surface area (Å²) in [5, 5.41) is 0. The van der Waals surface area contributed by atoms with Gasteiger partial charge in [0.15, 0.2) is 0 Å². The topological polar surface area (TPSA) is 53.1 Å². The Morgan fingerprint density at radius 1 is 1.17 bits per heavy atom. The van der Waals surface area contributed by atoms with Crippen LogP contribution in [0.4, 0.5) is 0 Å². The van der Waals surface area contributed by atoms with E-state index in [1.165, 1.54) is 0 Å². The molecule has 118 valence electrons. The third-order valence-corrected chi connectivity index (χ3v) is 4.19. The summed E-state index contributed by atoms with van der Waals surface area (Å²) in [7, 11) is 0. The summed E-state index contributed by atoms with van der Waals surface area (Å²) in [6.45, 7) is 3.13. The van der Waals surface area contributed by atoms with Crippen molar-refractivity contribution < 1.29 is 4.74 Å².